The number of amides is 10. The van der Waals surface area contributed by atoms with Gasteiger partial charge in [-0.2, -0.15) is 0 Å². The summed E-state index contributed by atoms with van der Waals surface area (Å²) in [4.78, 5) is 170. The number of carboxylic acids is 3. The summed E-state index contributed by atoms with van der Waals surface area (Å²) >= 11 is 0. The third-order valence-corrected chi connectivity index (χ3v) is 14.5. The number of aliphatic carboxylic acids is 3. The summed E-state index contributed by atoms with van der Waals surface area (Å²) in [5.41, 5.74) is 16.5. The molecule has 1 heterocycles. The third-order valence-electron chi connectivity index (χ3n) is 14.5. The van der Waals surface area contributed by atoms with Gasteiger partial charge in [-0.05, 0) is 89.6 Å². The zero-order valence-electron chi connectivity index (χ0n) is 51.5. The Morgan fingerprint density at radius 3 is 1.44 bits per heavy atom. The topological polar surface area (TPSA) is 632 Å². The molecule has 1 aliphatic heterocycles. The van der Waals surface area contributed by atoms with E-state index in [1.165, 1.54) is 6.92 Å². The van der Waals surface area contributed by atoms with Crippen LogP contribution >= 0.6 is 0 Å². The molecule has 1 rings (SSSR count). The molecule has 91 heavy (non-hydrogen) atoms. The monoisotopic (exact) mass is 1310 g/mol. The average molecular weight is 1310 g/mol. The van der Waals surface area contributed by atoms with Crippen molar-refractivity contribution in [3.8, 4) is 0 Å². The molecular formula is C54H95N13O24. The van der Waals surface area contributed by atoms with Crippen LogP contribution in [-0.4, -0.2) is 258 Å². The predicted molar refractivity (Wildman–Crippen MR) is 314 cm³/mol. The normalized spacial score (nSPS) is 20.3. The summed E-state index contributed by atoms with van der Waals surface area (Å²) in [5.74, 6) is -16.8. The second-order valence-corrected chi connectivity index (χ2v) is 22.5. The molecule has 0 aromatic heterocycles. The molecule has 0 aliphatic carbocycles. The zero-order chi connectivity index (χ0) is 69.4. The molecule has 520 valence electrons. The molecule has 0 spiro atoms. The van der Waals surface area contributed by atoms with Crippen LogP contribution in [0.25, 0.3) is 0 Å². The first-order valence-electron chi connectivity index (χ1n) is 29.8. The Labute approximate surface area is 524 Å². The van der Waals surface area contributed by atoms with Gasteiger partial charge in [0.15, 0.2) is 0 Å². The van der Waals surface area contributed by atoms with Gasteiger partial charge in [0.1, 0.15) is 85.0 Å². The minimum atomic E-state index is -1.96. The molecule has 0 bridgehead atoms. The molecule has 0 aromatic rings. The van der Waals surface area contributed by atoms with Gasteiger partial charge in [0.25, 0.3) is 0 Å². The number of hydrogen-bond donors (Lipinski definition) is 23. The Bertz CT molecular complexity index is 2430. The first kappa shape index (κ1) is 81.7. The van der Waals surface area contributed by atoms with Crippen molar-refractivity contribution < 1.29 is 118 Å². The minimum Gasteiger partial charge on any atom is -0.481 e. The Morgan fingerprint density at radius 2 is 0.967 bits per heavy atom. The number of nitrogens with two attached hydrogens (primary N) is 3. The molecule has 0 radical (unpaired) electrons. The number of primary amides is 1. The Balaban J connectivity index is 3.54. The highest BCUT2D eigenvalue weighted by Crippen LogP contribution is 2.20. The van der Waals surface area contributed by atoms with E-state index in [-0.39, 0.29) is 76.8 Å². The van der Waals surface area contributed by atoms with Crippen molar-refractivity contribution in [3.63, 3.8) is 0 Å². The molecule has 1 aliphatic rings. The van der Waals surface area contributed by atoms with Crippen LogP contribution < -0.4 is 70.4 Å². The van der Waals surface area contributed by atoms with Gasteiger partial charge in [0.05, 0.1) is 38.4 Å². The maximum atomic E-state index is 14.4. The quantitative estimate of drug-likeness (QED) is 0.0252. The van der Waals surface area contributed by atoms with Gasteiger partial charge >= 0.3 is 17.9 Å². The fraction of sp³-hybridized carbons (Fsp3) is 0.759. The summed E-state index contributed by atoms with van der Waals surface area (Å²) in [6.07, 6.45) is -11.7. The van der Waals surface area contributed by atoms with Crippen molar-refractivity contribution in [1.82, 2.24) is 53.2 Å². The predicted octanol–water partition coefficient (Wildman–Crippen LogP) is -9.49. The van der Waals surface area contributed by atoms with Crippen molar-refractivity contribution in [3.05, 3.63) is 0 Å². The van der Waals surface area contributed by atoms with E-state index < -0.39 is 219 Å². The van der Waals surface area contributed by atoms with Crippen LogP contribution in [0.3, 0.4) is 0 Å². The van der Waals surface area contributed by atoms with Crippen LogP contribution in [0.5, 0.6) is 0 Å². The van der Waals surface area contributed by atoms with Gasteiger partial charge in [-0.25, -0.2) is 4.79 Å². The number of carboxylic acid groups (broad SMARTS) is 3. The first-order valence-corrected chi connectivity index (χ1v) is 29.8. The lowest BCUT2D eigenvalue weighted by molar-refractivity contribution is -0.236. The largest absolute Gasteiger partial charge is 0.481 e. The van der Waals surface area contributed by atoms with Gasteiger partial charge < -0.3 is 121 Å². The van der Waals surface area contributed by atoms with Crippen LogP contribution in [0.15, 0.2) is 0 Å². The molecule has 0 unspecified atom stereocenters. The molecule has 1 fully saturated rings. The van der Waals surface area contributed by atoms with Crippen molar-refractivity contribution in [2.45, 2.75) is 215 Å². The fourth-order valence-electron chi connectivity index (χ4n) is 8.95. The lowest BCUT2D eigenvalue weighted by atomic mass is 9.97. The number of aliphatic hydroxyl groups is 7. The van der Waals surface area contributed by atoms with Gasteiger partial charge in [0.2, 0.25) is 59.1 Å². The molecule has 26 N–H and O–H groups in total. The fourth-order valence-corrected chi connectivity index (χ4v) is 8.95. The number of carbonyl (C=O) groups excluding carboxylic acids is 10. The van der Waals surface area contributed by atoms with Gasteiger partial charge in [-0.15, -0.1) is 0 Å². The van der Waals surface area contributed by atoms with Crippen molar-refractivity contribution >= 4 is 77.0 Å². The lowest BCUT2D eigenvalue weighted by Gasteiger charge is -2.40. The van der Waals surface area contributed by atoms with Gasteiger partial charge in [0, 0.05) is 12.8 Å². The average Bonchev–Trinajstić information content (AvgIpc) is 1.50. The second kappa shape index (κ2) is 41.9. The number of carbonyl (C=O) groups is 13. The molecule has 0 aromatic carbocycles. The van der Waals surface area contributed by atoms with E-state index >= 15 is 0 Å². The highest BCUT2D eigenvalue weighted by molar-refractivity contribution is 5.99. The van der Waals surface area contributed by atoms with E-state index in [1.807, 2.05) is 0 Å². The molecule has 37 nitrogen and oxygen atoms in total. The van der Waals surface area contributed by atoms with Crippen LogP contribution in [0.2, 0.25) is 0 Å². The first-order chi connectivity index (χ1) is 42.7. The van der Waals surface area contributed by atoms with E-state index in [0.717, 1.165) is 6.92 Å². The summed E-state index contributed by atoms with van der Waals surface area (Å²) in [5, 5.41) is 124. The summed E-state index contributed by atoms with van der Waals surface area (Å²) < 4.78 is 5.46. The van der Waals surface area contributed by atoms with E-state index in [9.17, 15) is 108 Å². The maximum Gasteiger partial charge on any atom is 0.326 e. The number of nitrogens with one attached hydrogen (secondary N) is 10. The van der Waals surface area contributed by atoms with Crippen LogP contribution in [0.1, 0.15) is 118 Å². The summed E-state index contributed by atoms with van der Waals surface area (Å²) in [7, 11) is 0. The van der Waals surface area contributed by atoms with Crippen molar-refractivity contribution in [1.29, 1.82) is 0 Å². The van der Waals surface area contributed by atoms with Crippen LogP contribution in [-0.2, 0) is 67.1 Å². The second-order valence-electron chi connectivity index (χ2n) is 22.5. The third kappa shape index (κ3) is 29.2. The lowest BCUT2D eigenvalue weighted by Crippen LogP contribution is -2.63. The number of aliphatic hydroxyl groups excluding tert-OH is 7. The smallest absolute Gasteiger partial charge is 0.326 e. The number of unbranched alkanes of at least 4 members (excludes halogenated alkanes) is 2. The van der Waals surface area contributed by atoms with E-state index in [1.54, 1.807) is 20.8 Å². The van der Waals surface area contributed by atoms with Crippen LogP contribution in [0, 0.1) is 11.8 Å². The van der Waals surface area contributed by atoms with Crippen molar-refractivity contribution in [2.24, 2.45) is 29.0 Å². The van der Waals surface area contributed by atoms with Crippen LogP contribution in [0.4, 0.5) is 0 Å². The van der Waals surface area contributed by atoms with Gasteiger partial charge in [-0.3, -0.25) is 62.9 Å². The Morgan fingerprint density at radius 1 is 0.505 bits per heavy atom. The van der Waals surface area contributed by atoms with Gasteiger partial charge in [-0.1, -0.05) is 34.1 Å². The van der Waals surface area contributed by atoms with E-state index in [0.29, 0.717) is 6.42 Å². The Hall–Kier alpha value is -7.33. The van der Waals surface area contributed by atoms with E-state index in [4.69, 9.17) is 27.0 Å². The molecule has 0 saturated carbocycles. The number of rotatable bonds is 45. The molecule has 1 saturated heterocycles. The minimum absolute atomic E-state index is 0.0201. The molecular weight excluding hydrogens is 1210 g/mol. The standard InChI is InChI=1S/C54H95N13O24/c1-6-25(4)39(66-52(88)40(26(5)71)67-48(84)32(20-38(75)76)62-44(80)27(56)13-15-36(57)72)51(87)65-34(22-69)50(86)64-33(21-68)49(85)60-29(12-8-10-18-58-53-43(79)42(78)41(77)35(23-70)91-53)46(82)63-31(19-24(2)3)47(83)59-28(11-7-9-17-55)45(81)61-30(54(89)90)14-16-37(73)74/h24-35,39-43,53,58,68-71,77-79H,6-23,55-56H2,1-5H3,(H2,57,72)(H,59,83)(H,60,85)(H,61,81)(H,62,80)(H,63,82)(H,64,86)(H,65,87)(H,66,88)(H,67,84)(H,73,74)(H,75,76)(H,89,90)/t25-,26+,27-,28-,29-,30-,31-,32-,33-,34-,35+,39-,40-,41+,42-,43+,53+/m0/s1. The number of hydrogen-bond acceptors (Lipinski definition) is 24. The SMILES string of the molecule is CC[C@H](C)[C@H](NC(=O)[C@@H](NC(=O)[C@H](CC(=O)O)NC(=O)[C@@H](N)CCC(N)=O)[C@@H](C)O)C(=O)N[C@@H](CO)C(=O)N[C@@H](CO)C(=O)N[C@@H](CCCCN[C@@H]1O[C@H](CO)[C@@H](O)[C@H](O)[C@H]1O)C(=O)N[C@@H](CC(C)C)C(=O)N[C@@H](CCCCN)C(=O)N[C@@H](CCC(=O)O)C(=O)O. The highest BCUT2D eigenvalue weighted by Gasteiger charge is 2.44. The molecule has 17 atom stereocenters. The molecule has 37 heteroatoms. The summed E-state index contributed by atoms with van der Waals surface area (Å²) in [6, 6.07) is -17.0. The number of ether oxygens (including phenoxy) is 1. The summed E-state index contributed by atoms with van der Waals surface area (Å²) in [6.45, 7) is 4.52. The molecule has 10 amide bonds. The Kier molecular flexibility index (Phi) is 37.6. The highest BCUT2D eigenvalue weighted by atomic mass is 16.6. The van der Waals surface area contributed by atoms with E-state index in [2.05, 4.69) is 53.2 Å². The zero-order valence-corrected chi connectivity index (χ0v) is 51.5. The van der Waals surface area contributed by atoms with Crippen molar-refractivity contribution in [2.75, 3.05) is 32.9 Å². The maximum absolute atomic E-state index is 14.4.